The Morgan fingerprint density at radius 2 is 1.72 bits per heavy atom. The van der Waals surface area contributed by atoms with Gasteiger partial charge >= 0.3 is 11.9 Å². The van der Waals surface area contributed by atoms with Crippen LogP contribution in [0.1, 0.15) is 39.2 Å². The van der Waals surface area contributed by atoms with Crippen LogP contribution < -0.4 is 5.32 Å². The molecule has 3 N–H and O–H groups in total. The first-order valence-corrected chi connectivity index (χ1v) is 9.80. The SMILES string of the molecule is CC1(C(=O)O)CCC(C(=O)NC(Cc2ccc3ccccc3c2)C(=O)O)C1(C)C. The van der Waals surface area contributed by atoms with E-state index in [1.807, 2.05) is 42.5 Å². The van der Waals surface area contributed by atoms with Crippen molar-refractivity contribution in [3.05, 3.63) is 48.0 Å². The number of amides is 1. The summed E-state index contributed by atoms with van der Waals surface area (Å²) in [6.45, 7) is 5.21. The standard InChI is InChI=1S/C23H27NO5/c1-22(2)17(10-11-23(22,3)21(28)29)19(25)24-18(20(26)27)13-14-8-9-15-6-4-5-7-16(15)12-14/h4-9,12,17-18H,10-11,13H2,1-3H3,(H,24,25)(H,26,27)(H,28,29). The minimum Gasteiger partial charge on any atom is -0.481 e. The van der Waals surface area contributed by atoms with E-state index in [2.05, 4.69) is 5.32 Å². The first kappa shape index (κ1) is 20.8. The fraction of sp³-hybridized carbons (Fsp3) is 0.435. The number of rotatable bonds is 6. The van der Waals surface area contributed by atoms with E-state index in [0.717, 1.165) is 16.3 Å². The number of hydrogen-bond acceptors (Lipinski definition) is 3. The van der Waals surface area contributed by atoms with Gasteiger partial charge in [0.2, 0.25) is 5.91 Å². The number of carbonyl (C=O) groups is 3. The summed E-state index contributed by atoms with van der Waals surface area (Å²) in [7, 11) is 0. The van der Waals surface area contributed by atoms with Gasteiger partial charge in [-0.05, 0) is 41.5 Å². The third-order valence-electron chi connectivity index (χ3n) is 6.88. The lowest BCUT2D eigenvalue weighted by Crippen LogP contribution is -2.49. The van der Waals surface area contributed by atoms with E-state index in [0.29, 0.717) is 12.8 Å². The molecule has 154 valence electrons. The second-order valence-corrected chi connectivity index (χ2v) is 8.74. The summed E-state index contributed by atoms with van der Waals surface area (Å²) in [5.74, 6) is -2.98. The van der Waals surface area contributed by atoms with Crippen LogP contribution in [0.15, 0.2) is 42.5 Å². The first-order valence-electron chi connectivity index (χ1n) is 9.80. The highest BCUT2D eigenvalue weighted by atomic mass is 16.4. The summed E-state index contributed by atoms with van der Waals surface area (Å²) in [5.41, 5.74) is -0.987. The first-order chi connectivity index (χ1) is 13.6. The molecule has 3 atom stereocenters. The number of nitrogens with one attached hydrogen (secondary N) is 1. The third kappa shape index (κ3) is 3.71. The fourth-order valence-electron chi connectivity index (χ4n) is 4.42. The molecule has 1 fully saturated rings. The molecule has 0 spiro atoms. The van der Waals surface area contributed by atoms with E-state index >= 15 is 0 Å². The zero-order valence-corrected chi connectivity index (χ0v) is 16.9. The van der Waals surface area contributed by atoms with Gasteiger partial charge in [0.25, 0.3) is 0 Å². The number of carboxylic acid groups (broad SMARTS) is 2. The predicted octanol–water partition coefficient (Wildman–Crippen LogP) is 3.48. The van der Waals surface area contributed by atoms with Gasteiger partial charge in [-0.3, -0.25) is 9.59 Å². The van der Waals surface area contributed by atoms with Crippen molar-refractivity contribution in [2.24, 2.45) is 16.7 Å². The number of aliphatic carboxylic acids is 2. The number of fused-ring (bicyclic) bond motifs is 1. The molecule has 1 saturated carbocycles. The van der Waals surface area contributed by atoms with Crippen LogP contribution in [-0.4, -0.2) is 34.1 Å². The number of hydrogen-bond donors (Lipinski definition) is 3. The molecule has 0 aliphatic heterocycles. The molecular formula is C23H27NO5. The van der Waals surface area contributed by atoms with Gasteiger partial charge in [-0.15, -0.1) is 0 Å². The Hall–Kier alpha value is -2.89. The summed E-state index contributed by atoms with van der Waals surface area (Å²) in [4.78, 5) is 36.5. The summed E-state index contributed by atoms with van der Waals surface area (Å²) < 4.78 is 0. The Labute approximate surface area is 169 Å². The van der Waals surface area contributed by atoms with Crippen molar-refractivity contribution in [1.29, 1.82) is 0 Å². The second kappa shape index (κ2) is 7.50. The van der Waals surface area contributed by atoms with E-state index in [9.17, 15) is 24.6 Å². The van der Waals surface area contributed by atoms with Gasteiger partial charge in [-0.2, -0.15) is 0 Å². The lowest BCUT2D eigenvalue weighted by molar-refractivity contribution is -0.155. The van der Waals surface area contributed by atoms with Gasteiger partial charge in [-0.25, -0.2) is 4.79 Å². The minimum absolute atomic E-state index is 0.162. The molecule has 1 amide bonds. The highest BCUT2D eigenvalue weighted by Crippen LogP contribution is 2.56. The second-order valence-electron chi connectivity index (χ2n) is 8.74. The topological polar surface area (TPSA) is 104 Å². The van der Waals surface area contributed by atoms with Crippen molar-refractivity contribution in [3.8, 4) is 0 Å². The van der Waals surface area contributed by atoms with Crippen molar-refractivity contribution in [3.63, 3.8) is 0 Å². The third-order valence-corrected chi connectivity index (χ3v) is 6.88. The zero-order valence-electron chi connectivity index (χ0n) is 16.9. The molecule has 6 nitrogen and oxygen atoms in total. The molecule has 3 unspecified atom stereocenters. The summed E-state index contributed by atoms with van der Waals surface area (Å²) in [6, 6.07) is 12.5. The fourth-order valence-corrected chi connectivity index (χ4v) is 4.42. The summed E-state index contributed by atoms with van der Waals surface area (Å²) >= 11 is 0. The Kier molecular flexibility index (Phi) is 5.39. The number of carbonyl (C=O) groups excluding carboxylic acids is 1. The molecule has 1 aliphatic carbocycles. The van der Waals surface area contributed by atoms with Crippen LogP contribution in [0, 0.1) is 16.7 Å². The van der Waals surface area contributed by atoms with Crippen LogP contribution in [0.2, 0.25) is 0 Å². The van der Waals surface area contributed by atoms with E-state index in [1.165, 1.54) is 0 Å². The summed E-state index contributed by atoms with van der Waals surface area (Å²) in [5, 5.41) is 24.0. The molecule has 0 heterocycles. The number of carboxylic acids is 2. The van der Waals surface area contributed by atoms with E-state index in [1.54, 1.807) is 20.8 Å². The molecule has 29 heavy (non-hydrogen) atoms. The average molecular weight is 397 g/mol. The molecule has 2 aromatic carbocycles. The van der Waals surface area contributed by atoms with E-state index in [-0.39, 0.29) is 6.42 Å². The van der Waals surface area contributed by atoms with Crippen LogP contribution in [0.5, 0.6) is 0 Å². The molecule has 1 aliphatic rings. The molecule has 3 rings (SSSR count). The van der Waals surface area contributed by atoms with E-state index < -0.39 is 40.6 Å². The van der Waals surface area contributed by atoms with Crippen LogP contribution in [0.3, 0.4) is 0 Å². The average Bonchev–Trinajstić information content (AvgIpc) is 2.91. The van der Waals surface area contributed by atoms with Crippen LogP contribution >= 0.6 is 0 Å². The van der Waals surface area contributed by atoms with Crippen molar-refractivity contribution in [2.45, 2.75) is 46.1 Å². The molecule has 0 saturated heterocycles. The van der Waals surface area contributed by atoms with Gasteiger partial charge in [0.1, 0.15) is 6.04 Å². The molecule has 0 bridgehead atoms. The van der Waals surface area contributed by atoms with Gasteiger partial charge in [0.05, 0.1) is 5.41 Å². The van der Waals surface area contributed by atoms with E-state index in [4.69, 9.17) is 0 Å². The Morgan fingerprint density at radius 3 is 2.31 bits per heavy atom. The van der Waals surface area contributed by atoms with Crippen molar-refractivity contribution < 1.29 is 24.6 Å². The minimum atomic E-state index is -1.11. The Morgan fingerprint density at radius 1 is 1.07 bits per heavy atom. The monoisotopic (exact) mass is 397 g/mol. The Bertz CT molecular complexity index is 967. The maximum absolute atomic E-state index is 12.9. The zero-order chi connectivity index (χ0) is 21.4. The largest absolute Gasteiger partial charge is 0.481 e. The lowest BCUT2D eigenvalue weighted by atomic mass is 9.65. The van der Waals surface area contributed by atoms with Gasteiger partial charge in [0.15, 0.2) is 0 Å². The molecule has 2 aromatic rings. The smallest absolute Gasteiger partial charge is 0.326 e. The predicted molar refractivity (Wildman–Crippen MR) is 109 cm³/mol. The van der Waals surface area contributed by atoms with Crippen molar-refractivity contribution in [2.75, 3.05) is 0 Å². The van der Waals surface area contributed by atoms with Crippen LogP contribution in [0.25, 0.3) is 10.8 Å². The van der Waals surface area contributed by atoms with Gasteiger partial charge < -0.3 is 15.5 Å². The molecule has 0 radical (unpaired) electrons. The van der Waals surface area contributed by atoms with Crippen LogP contribution in [0.4, 0.5) is 0 Å². The maximum atomic E-state index is 12.9. The molecule has 0 aromatic heterocycles. The maximum Gasteiger partial charge on any atom is 0.326 e. The van der Waals surface area contributed by atoms with Gasteiger partial charge in [-0.1, -0.05) is 56.3 Å². The highest BCUT2D eigenvalue weighted by Gasteiger charge is 2.58. The van der Waals surface area contributed by atoms with Gasteiger partial charge in [0, 0.05) is 12.3 Å². The van der Waals surface area contributed by atoms with Crippen molar-refractivity contribution >= 4 is 28.6 Å². The number of benzene rings is 2. The normalized spacial score (nSPS) is 24.2. The quantitative estimate of drug-likeness (QED) is 0.692. The van der Waals surface area contributed by atoms with Crippen LogP contribution in [-0.2, 0) is 20.8 Å². The lowest BCUT2D eigenvalue weighted by Gasteiger charge is -2.38. The summed E-state index contributed by atoms with van der Waals surface area (Å²) in [6.07, 6.45) is 0.967. The molecular weight excluding hydrogens is 370 g/mol. The van der Waals surface area contributed by atoms with Crippen molar-refractivity contribution in [1.82, 2.24) is 5.32 Å². The Balaban J connectivity index is 1.77. The molecule has 6 heteroatoms. The highest BCUT2D eigenvalue weighted by molar-refractivity contribution is 5.88.